The van der Waals surface area contributed by atoms with Crippen molar-refractivity contribution < 1.29 is 9.59 Å². The van der Waals surface area contributed by atoms with Crippen molar-refractivity contribution in [2.24, 2.45) is 5.41 Å². The lowest BCUT2D eigenvalue weighted by Crippen LogP contribution is -2.46. The highest BCUT2D eigenvalue weighted by Crippen LogP contribution is 2.11. The molecule has 0 bridgehead atoms. The third-order valence-electron chi connectivity index (χ3n) is 1.32. The molecular formula is C8H16N2O2. The largest absolute Gasteiger partial charge is 0.273 e. The van der Waals surface area contributed by atoms with Crippen molar-refractivity contribution in [1.29, 1.82) is 0 Å². The van der Waals surface area contributed by atoms with E-state index in [0.29, 0.717) is 6.42 Å². The van der Waals surface area contributed by atoms with Crippen molar-refractivity contribution >= 4 is 11.8 Å². The first-order valence-corrected chi connectivity index (χ1v) is 3.97. The summed E-state index contributed by atoms with van der Waals surface area (Å²) in [5.41, 5.74) is 4.16. The predicted octanol–water partition coefficient (Wildman–Crippen LogP) is 0.590. The zero-order valence-electron chi connectivity index (χ0n) is 8.02. The molecule has 0 aliphatic rings. The van der Waals surface area contributed by atoms with Crippen molar-refractivity contribution in [2.75, 3.05) is 0 Å². The molecule has 0 atom stereocenters. The van der Waals surface area contributed by atoms with Gasteiger partial charge in [0.05, 0.1) is 0 Å². The summed E-state index contributed by atoms with van der Waals surface area (Å²) in [5, 5.41) is 0. The van der Waals surface area contributed by atoms with E-state index < -0.39 is 5.41 Å². The van der Waals surface area contributed by atoms with E-state index in [9.17, 15) is 9.59 Å². The smallest absolute Gasteiger partial charge is 0.243 e. The number of rotatable bonds is 1. The third-order valence-corrected chi connectivity index (χ3v) is 1.32. The maximum Gasteiger partial charge on any atom is 0.243 e. The second-order valence-corrected chi connectivity index (χ2v) is 3.61. The summed E-state index contributed by atoms with van der Waals surface area (Å²) in [4.78, 5) is 21.9. The molecule has 12 heavy (non-hydrogen) atoms. The molecule has 2 N–H and O–H groups in total. The minimum atomic E-state index is -0.471. The molecule has 0 rings (SSSR count). The molecule has 0 spiro atoms. The van der Waals surface area contributed by atoms with Gasteiger partial charge in [-0.3, -0.25) is 20.4 Å². The Hall–Kier alpha value is -1.06. The van der Waals surface area contributed by atoms with Crippen LogP contribution in [0.25, 0.3) is 0 Å². The molecule has 2 amide bonds. The SMILES string of the molecule is CCC(=O)NNC(=O)C(C)(C)C. The van der Waals surface area contributed by atoms with E-state index in [1.165, 1.54) is 0 Å². The number of amides is 2. The normalized spacial score (nSPS) is 10.7. The zero-order chi connectivity index (χ0) is 9.78. The molecule has 0 saturated heterocycles. The van der Waals surface area contributed by atoms with E-state index in [1.54, 1.807) is 27.7 Å². The topological polar surface area (TPSA) is 58.2 Å². The predicted molar refractivity (Wildman–Crippen MR) is 46.0 cm³/mol. The van der Waals surface area contributed by atoms with Gasteiger partial charge in [0.25, 0.3) is 0 Å². The molecule has 0 aliphatic carbocycles. The minimum absolute atomic E-state index is 0.187. The van der Waals surface area contributed by atoms with Gasteiger partial charge in [-0.2, -0.15) is 0 Å². The quantitative estimate of drug-likeness (QED) is 0.569. The highest BCUT2D eigenvalue weighted by Gasteiger charge is 2.20. The fourth-order valence-corrected chi connectivity index (χ4v) is 0.402. The third kappa shape index (κ3) is 3.95. The highest BCUT2D eigenvalue weighted by atomic mass is 16.2. The van der Waals surface area contributed by atoms with E-state index in [1.807, 2.05) is 0 Å². The van der Waals surface area contributed by atoms with Gasteiger partial charge in [-0.05, 0) is 0 Å². The Morgan fingerprint density at radius 1 is 1.17 bits per heavy atom. The van der Waals surface area contributed by atoms with E-state index in [-0.39, 0.29) is 11.8 Å². The van der Waals surface area contributed by atoms with Gasteiger partial charge in [0.1, 0.15) is 0 Å². The van der Waals surface area contributed by atoms with Crippen LogP contribution in [0.5, 0.6) is 0 Å². The van der Waals surface area contributed by atoms with Gasteiger partial charge in [0, 0.05) is 11.8 Å². The minimum Gasteiger partial charge on any atom is -0.273 e. The summed E-state index contributed by atoms with van der Waals surface area (Å²) in [6.45, 7) is 7.06. The molecule has 0 aromatic heterocycles. The lowest BCUT2D eigenvalue weighted by molar-refractivity contribution is -0.133. The number of hydrazine groups is 1. The number of carbonyl (C=O) groups excluding carboxylic acids is 2. The van der Waals surface area contributed by atoms with Crippen molar-refractivity contribution in [2.45, 2.75) is 34.1 Å². The van der Waals surface area contributed by atoms with E-state index in [4.69, 9.17) is 0 Å². The summed E-state index contributed by atoms with van der Waals surface area (Å²) < 4.78 is 0. The van der Waals surface area contributed by atoms with E-state index >= 15 is 0 Å². The molecular weight excluding hydrogens is 156 g/mol. The van der Waals surface area contributed by atoms with Gasteiger partial charge in [0.2, 0.25) is 11.8 Å². The average molecular weight is 172 g/mol. The Morgan fingerprint density at radius 2 is 1.67 bits per heavy atom. The van der Waals surface area contributed by atoms with Gasteiger partial charge in [0.15, 0.2) is 0 Å². The molecule has 0 aromatic rings. The fraction of sp³-hybridized carbons (Fsp3) is 0.750. The van der Waals surface area contributed by atoms with Crippen LogP contribution in [0.1, 0.15) is 34.1 Å². The van der Waals surface area contributed by atoms with Crippen molar-refractivity contribution in [3.8, 4) is 0 Å². The van der Waals surface area contributed by atoms with Crippen LogP contribution in [0, 0.1) is 5.41 Å². The first-order valence-electron chi connectivity index (χ1n) is 3.97. The first-order chi connectivity index (χ1) is 5.38. The Bertz CT molecular complexity index is 182. The second kappa shape index (κ2) is 4.09. The van der Waals surface area contributed by atoms with Gasteiger partial charge in [-0.1, -0.05) is 27.7 Å². The van der Waals surface area contributed by atoms with Crippen LogP contribution in [-0.2, 0) is 9.59 Å². The molecule has 4 heteroatoms. The Labute approximate surface area is 72.7 Å². The number of carbonyl (C=O) groups is 2. The van der Waals surface area contributed by atoms with E-state index in [0.717, 1.165) is 0 Å². The maximum absolute atomic E-state index is 11.2. The molecule has 0 aromatic carbocycles. The molecule has 70 valence electrons. The molecule has 0 fully saturated rings. The Morgan fingerprint density at radius 3 is 2.00 bits per heavy atom. The number of hydrogen-bond donors (Lipinski definition) is 2. The summed E-state index contributed by atoms with van der Waals surface area (Å²) in [6.07, 6.45) is 0.365. The average Bonchev–Trinajstić information content (AvgIpc) is 1.97. The molecule has 4 nitrogen and oxygen atoms in total. The maximum atomic E-state index is 11.2. The van der Waals surface area contributed by atoms with Crippen LogP contribution in [0.3, 0.4) is 0 Å². The lowest BCUT2D eigenvalue weighted by Gasteiger charge is -2.17. The first kappa shape index (κ1) is 10.9. The van der Waals surface area contributed by atoms with Crippen molar-refractivity contribution in [3.05, 3.63) is 0 Å². The van der Waals surface area contributed by atoms with Gasteiger partial charge in [-0.15, -0.1) is 0 Å². The van der Waals surface area contributed by atoms with Crippen LogP contribution in [-0.4, -0.2) is 11.8 Å². The standard InChI is InChI=1S/C8H16N2O2/c1-5-6(11)9-10-7(12)8(2,3)4/h5H2,1-4H3,(H,9,11)(H,10,12). The fourth-order valence-electron chi connectivity index (χ4n) is 0.402. The van der Waals surface area contributed by atoms with Gasteiger partial charge >= 0.3 is 0 Å². The van der Waals surface area contributed by atoms with Crippen LogP contribution >= 0.6 is 0 Å². The zero-order valence-corrected chi connectivity index (χ0v) is 8.02. The van der Waals surface area contributed by atoms with Crippen LogP contribution in [0.15, 0.2) is 0 Å². The Balaban J connectivity index is 3.81. The molecule has 0 saturated carbocycles. The summed E-state index contributed by atoms with van der Waals surface area (Å²) in [7, 11) is 0. The van der Waals surface area contributed by atoms with E-state index in [2.05, 4.69) is 10.9 Å². The molecule has 0 radical (unpaired) electrons. The summed E-state index contributed by atoms with van der Waals surface area (Å²) >= 11 is 0. The van der Waals surface area contributed by atoms with Crippen molar-refractivity contribution in [1.82, 2.24) is 10.9 Å². The van der Waals surface area contributed by atoms with Gasteiger partial charge in [-0.25, -0.2) is 0 Å². The van der Waals surface area contributed by atoms with Gasteiger partial charge < -0.3 is 0 Å². The molecule has 0 aliphatic heterocycles. The summed E-state index contributed by atoms with van der Waals surface area (Å²) in [5.74, 6) is -0.378. The van der Waals surface area contributed by atoms with Crippen LogP contribution in [0.4, 0.5) is 0 Å². The lowest BCUT2D eigenvalue weighted by atomic mass is 9.96. The summed E-state index contributed by atoms with van der Waals surface area (Å²) in [6, 6.07) is 0. The highest BCUT2D eigenvalue weighted by molar-refractivity contribution is 5.84. The number of hydrogen-bond acceptors (Lipinski definition) is 2. The molecule has 0 heterocycles. The van der Waals surface area contributed by atoms with Crippen LogP contribution in [0.2, 0.25) is 0 Å². The second-order valence-electron chi connectivity index (χ2n) is 3.61. The van der Waals surface area contributed by atoms with Crippen LogP contribution < -0.4 is 10.9 Å². The monoisotopic (exact) mass is 172 g/mol. The number of nitrogens with one attached hydrogen (secondary N) is 2. The van der Waals surface area contributed by atoms with Crippen molar-refractivity contribution in [3.63, 3.8) is 0 Å². The Kier molecular flexibility index (Phi) is 3.73. The molecule has 0 unspecified atom stereocenters.